The van der Waals surface area contributed by atoms with Crippen molar-refractivity contribution in [2.24, 2.45) is 0 Å². The minimum Gasteiger partial charge on any atom is -0.457 e. The Kier molecular flexibility index (Phi) is 4.76. The summed E-state index contributed by atoms with van der Waals surface area (Å²) in [5.74, 6) is 2.81. The monoisotopic (exact) mass is 399 g/mol. The third kappa shape index (κ3) is 3.75. The lowest BCUT2D eigenvalue weighted by Gasteiger charge is -2.10. The Labute approximate surface area is 171 Å². The van der Waals surface area contributed by atoms with Crippen LogP contribution < -0.4 is 4.74 Å². The van der Waals surface area contributed by atoms with E-state index in [0.29, 0.717) is 16.9 Å². The van der Waals surface area contributed by atoms with Crippen molar-refractivity contribution in [3.05, 3.63) is 90.6 Å². The van der Waals surface area contributed by atoms with Gasteiger partial charge in [-0.05, 0) is 24.3 Å². The molecule has 29 heavy (non-hydrogen) atoms. The van der Waals surface area contributed by atoms with E-state index < -0.39 is 0 Å². The first-order valence-corrected chi connectivity index (χ1v) is 10.2. The van der Waals surface area contributed by atoms with Crippen molar-refractivity contribution in [2.75, 3.05) is 0 Å². The molecule has 0 saturated carbocycles. The van der Waals surface area contributed by atoms with Crippen LogP contribution in [0.15, 0.2) is 94.7 Å². The van der Waals surface area contributed by atoms with Crippen molar-refractivity contribution in [2.45, 2.75) is 11.0 Å². The molecule has 6 heteroatoms. The van der Waals surface area contributed by atoms with Crippen LogP contribution in [0.3, 0.4) is 0 Å². The van der Waals surface area contributed by atoms with Gasteiger partial charge in [0.1, 0.15) is 11.5 Å². The summed E-state index contributed by atoms with van der Waals surface area (Å²) in [5, 5.41) is 10.0. The Morgan fingerprint density at radius 3 is 2.59 bits per heavy atom. The van der Waals surface area contributed by atoms with Crippen molar-refractivity contribution >= 4 is 22.7 Å². The molecule has 0 fully saturated rings. The lowest BCUT2D eigenvalue weighted by atomic mass is 10.2. The normalized spacial score (nSPS) is 11.0. The Morgan fingerprint density at radius 2 is 1.66 bits per heavy atom. The van der Waals surface area contributed by atoms with Crippen LogP contribution in [0, 0.1) is 0 Å². The lowest BCUT2D eigenvalue weighted by molar-refractivity contribution is 0.465. The van der Waals surface area contributed by atoms with Gasteiger partial charge in [0.25, 0.3) is 11.1 Å². The first-order chi connectivity index (χ1) is 14.4. The van der Waals surface area contributed by atoms with Crippen LogP contribution >= 0.6 is 11.8 Å². The first-order valence-electron chi connectivity index (χ1n) is 9.20. The number of thioether (sulfide) groups is 1. The zero-order valence-electron chi connectivity index (χ0n) is 15.4. The van der Waals surface area contributed by atoms with E-state index in [1.54, 1.807) is 0 Å². The van der Waals surface area contributed by atoms with Crippen LogP contribution in [0.25, 0.3) is 22.4 Å². The van der Waals surface area contributed by atoms with Crippen molar-refractivity contribution in [1.82, 2.24) is 15.2 Å². The molecule has 0 amide bonds. The van der Waals surface area contributed by atoms with E-state index in [0.717, 1.165) is 33.5 Å². The van der Waals surface area contributed by atoms with Gasteiger partial charge in [-0.1, -0.05) is 66.4 Å². The zero-order valence-corrected chi connectivity index (χ0v) is 16.2. The van der Waals surface area contributed by atoms with E-state index >= 15 is 0 Å². The summed E-state index contributed by atoms with van der Waals surface area (Å²) < 4.78 is 11.9. The van der Waals surface area contributed by atoms with Gasteiger partial charge in [0.15, 0.2) is 0 Å². The molecule has 0 atom stereocenters. The van der Waals surface area contributed by atoms with Crippen molar-refractivity contribution in [3.8, 4) is 23.0 Å². The Morgan fingerprint density at radius 1 is 0.862 bits per heavy atom. The topological polar surface area (TPSA) is 63.9 Å². The fourth-order valence-electron chi connectivity index (χ4n) is 3.10. The molecule has 0 aliphatic heterocycles. The number of nitrogens with zero attached hydrogens (tertiary/aromatic N) is 2. The fraction of sp³-hybridized carbons (Fsp3) is 0.0435. The smallest absolute Gasteiger partial charge is 0.277 e. The van der Waals surface area contributed by atoms with E-state index in [1.165, 1.54) is 11.8 Å². The number of aromatic nitrogens is 3. The maximum atomic E-state index is 6.03. The number of hydrogen-bond donors (Lipinski definition) is 1. The molecule has 5 rings (SSSR count). The largest absolute Gasteiger partial charge is 0.457 e. The quantitative estimate of drug-likeness (QED) is 0.339. The second kappa shape index (κ2) is 7.85. The highest BCUT2D eigenvalue weighted by molar-refractivity contribution is 7.98. The highest BCUT2D eigenvalue weighted by Gasteiger charge is 2.14. The van der Waals surface area contributed by atoms with Gasteiger partial charge >= 0.3 is 0 Å². The van der Waals surface area contributed by atoms with Gasteiger partial charge in [-0.2, -0.15) is 0 Å². The molecular formula is C23H17N3O2S. The SMILES string of the molecule is c1ccc(Oc2ccccc2CSc2nnc(-c3c[nH]c4ccccc34)o2)cc1. The Bertz CT molecular complexity index is 1250. The zero-order chi connectivity index (χ0) is 19.5. The van der Waals surface area contributed by atoms with Crippen LogP contribution in [0.1, 0.15) is 5.56 Å². The van der Waals surface area contributed by atoms with Crippen LogP contribution in [-0.2, 0) is 5.75 Å². The lowest BCUT2D eigenvalue weighted by Crippen LogP contribution is -1.90. The summed E-state index contributed by atoms with van der Waals surface area (Å²) >= 11 is 1.49. The fourth-order valence-corrected chi connectivity index (χ4v) is 3.86. The Hall–Kier alpha value is -3.51. The predicted octanol–water partition coefficient (Wildman–Crippen LogP) is 6.30. The Balaban J connectivity index is 1.33. The van der Waals surface area contributed by atoms with E-state index in [4.69, 9.17) is 9.15 Å². The molecule has 5 nitrogen and oxygen atoms in total. The van der Waals surface area contributed by atoms with Crippen molar-refractivity contribution < 1.29 is 9.15 Å². The van der Waals surface area contributed by atoms with E-state index in [1.807, 2.05) is 85.1 Å². The molecule has 0 bridgehead atoms. The minimum atomic E-state index is 0.513. The molecule has 0 spiro atoms. The first kappa shape index (κ1) is 17.6. The van der Waals surface area contributed by atoms with Gasteiger partial charge < -0.3 is 14.1 Å². The molecule has 2 heterocycles. The number of hydrogen-bond acceptors (Lipinski definition) is 5. The van der Waals surface area contributed by atoms with Crippen LogP contribution in [0.2, 0.25) is 0 Å². The average molecular weight is 399 g/mol. The standard InChI is InChI=1S/C23H17N3O2S/c1-2-9-17(10-3-1)27-21-13-7-4-8-16(21)15-29-23-26-25-22(28-23)19-14-24-20-12-6-5-11-18(19)20/h1-14,24H,15H2. The van der Waals surface area contributed by atoms with Crippen molar-refractivity contribution in [3.63, 3.8) is 0 Å². The number of aromatic amines is 1. The molecule has 3 aromatic carbocycles. The second-order valence-electron chi connectivity index (χ2n) is 6.43. The molecule has 5 aromatic rings. The predicted molar refractivity (Wildman–Crippen MR) is 114 cm³/mol. The number of rotatable bonds is 6. The molecule has 0 saturated heterocycles. The average Bonchev–Trinajstić information content (AvgIpc) is 3.41. The van der Waals surface area contributed by atoms with Crippen LogP contribution in [-0.4, -0.2) is 15.2 Å². The summed E-state index contributed by atoms with van der Waals surface area (Å²) in [6, 6.07) is 25.8. The van der Waals surface area contributed by atoms with Gasteiger partial charge in [-0.3, -0.25) is 0 Å². The number of benzene rings is 3. The van der Waals surface area contributed by atoms with E-state index in [9.17, 15) is 0 Å². The minimum absolute atomic E-state index is 0.513. The third-order valence-corrected chi connectivity index (χ3v) is 5.39. The number of fused-ring (bicyclic) bond motifs is 1. The highest BCUT2D eigenvalue weighted by Crippen LogP contribution is 2.33. The number of para-hydroxylation sites is 3. The van der Waals surface area contributed by atoms with Crippen molar-refractivity contribution in [1.29, 1.82) is 0 Å². The molecular weight excluding hydrogens is 382 g/mol. The van der Waals surface area contributed by atoms with E-state index in [2.05, 4.69) is 15.2 Å². The molecule has 0 unspecified atom stereocenters. The summed E-state index contributed by atoms with van der Waals surface area (Å²) in [5.41, 5.74) is 3.02. The summed E-state index contributed by atoms with van der Waals surface area (Å²) in [6.45, 7) is 0. The number of ether oxygens (including phenoxy) is 1. The van der Waals surface area contributed by atoms with E-state index in [-0.39, 0.29) is 0 Å². The molecule has 142 valence electrons. The maximum absolute atomic E-state index is 6.03. The summed E-state index contributed by atoms with van der Waals surface area (Å²) in [7, 11) is 0. The van der Waals surface area contributed by atoms with Gasteiger partial charge in [-0.15, -0.1) is 10.2 Å². The van der Waals surface area contributed by atoms with Gasteiger partial charge in [0.2, 0.25) is 0 Å². The maximum Gasteiger partial charge on any atom is 0.277 e. The molecule has 2 aromatic heterocycles. The number of H-pyrrole nitrogens is 1. The molecule has 0 aliphatic carbocycles. The van der Waals surface area contributed by atoms with Crippen LogP contribution in [0.4, 0.5) is 0 Å². The summed E-state index contributed by atoms with van der Waals surface area (Å²) in [4.78, 5) is 3.23. The number of nitrogens with one attached hydrogen (secondary N) is 1. The summed E-state index contributed by atoms with van der Waals surface area (Å²) in [6.07, 6.45) is 1.90. The second-order valence-corrected chi connectivity index (χ2v) is 7.36. The van der Waals surface area contributed by atoms with Gasteiger partial charge in [0, 0.05) is 28.4 Å². The molecule has 0 radical (unpaired) electrons. The van der Waals surface area contributed by atoms with Gasteiger partial charge in [0.05, 0.1) is 5.56 Å². The van der Waals surface area contributed by atoms with Gasteiger partial charge in [-0.25, -0.2) is 0 Å². The molecule has 0 aliphatic rings. The third-order valence-electron chi connectivity index (χ3n) is 4.52. The molecule has 1 N–H and O–H groups in total. The van der Waals surface area contributed by atoms with Crippen LogP contribution in [0.5, 0.6) is 11.5 Å². The highest BCUT2D eigenvalue weighted by atomic mass is 32.2.